The highest BCUT2D eigenvalue weighted by molar-refractivity contribution is 5.76. The molecule has 3 rings (SSSR count). The number of hydrogen-bond acceptors (Lipinski definition) is 4. The molecule has 1 aromatic heterocycles. The maximum atomic E-state index is 12.1. The van der Waals surface area contributed by atoms with Crippen LogP contribution >= 0.6 is 0 Å². The summed E-state index contributed by atoms with van der Waals surface area (Å²) in [5, 5.41) is 11.7. The van der Waals surface area contributed by atoms with Crippen LogP contribution in [0.4, 0.5) is 0 Å². The largest absolute Gasteiger partial charge is 0.378 e. The number of nitrogens with zero attached hydrogens (tertiary/aromatic N) is 3. The predicted octanol–water partition coefficient (Wildman–Crippen LogP) is 2.14. The van der Waals surface area contributed by atoms with Gasteiger partial charge in [0.15, 0.2) is 5.82 Å². The van der Waals surface area contributed by atoms with E-state index in [4.69, 9.17) is 4.74 Å². The fourth-order valence-corrected chi connectivity index (χ4v) is 3.37. The van der Waals surface area contributed by atoms with Gasteiger partial charge < -0.3 is 14.6 Å². The summed E-state index contributed by atoms with van der Waals surface area (Å²) < 4.78 is 7.75. The molecular weight excluding hydrogens is 280 g/mol. The first-order valence-electron chi connectivity index (χ1n) is 8.57. The first-order valence-corrected chi connectivity index (χ1v) is 8.57. The van der Waals surface area contributed by atoms with Gasteiger partial charge in [-0.1, -0.05) is 6.42 Å². The number of aryl methyl sites for hydroxylation is 1. The number of nitrogens with one attached hydrogen (secondary N) is 1. The van der Waals surface area contributed by atoms with E-state index >= 15 is 0 Å². The van der Waals surface area contributed by atoms with E-state index < -0.39 is 0 Å². The molecule has 6 heteroatoms. The Kier molecular flexibility index (Phi) is 5.08. The van der Waals surface area contributed by atoms with Crippen molar-refractivity contribution in [3.63, 3.8) is 0 Å². The third-order valence-electron chi connectivity index (χ3n) is 4.62. The van der Waals surface area contributed by atoms with Crippen molar-refractivity contribution in [1.82, 2.24) is 20.1 Å². The molecule has 0 unspecified atom stereocenters. The summed E-state index contributed by atoms with van der Waals surface area (Å²) in [6.45, 7) is 3.80. The van der Waals surface area contributed by atoms with Crippen molar-refractivity contribution >= 4 is 5.91 Å². The summed E-state index contributed by atoms with van der Waals surface area (Å²) in [4.78, 5) is 12.1. The summed E-state index contributed by atoms with van der Waals surface area (Å²) in [6, 6.07) is -0.0867. The summed E-state index contributed by atoms with van der Waals surface area (Å²) in [5.74, 6) is 2.03. The average Bonchev–Trinajstić information content (AvgIpc) is 3.10. The van der Waals surface area contributed by atoms with Crippen molar-refractivity contribution < 1.29 is 9.53 Å². The van der Waals surface area contributed by atoms with Crippen LogP contribution in [0.2, 0.25) is 0 Å². The van der Waals surface area contributed by atoms with E-state index in [1.54, 1.807) is 0 Å². The van der Waals surface area contributed by atoms with Crippen molar-refractivity contribution in [3.8, 4) is 0 Å². The molecule has 0 bridgehead atoms. The molecule has 1 amide bonds. The maximum Gasteiger partial charge on any atom is 0.220 e. The van der Waals surface area contributed by atoms with E-state index in [9.17, 15) is 4.79 Å². The van der Waals surface area contributed by atoms with E-state index in [0.29, 0.717) is 6.42 Å². The Balaban J connectivity index is 1.53. The van der Waals surface area contributed by atoms with Crippen LogP contribution in [0.1, 0.15) is 69.6 Å². The summed E-state index contributed by atoms with van der Waals surface area (Å²) in [5.41, 5.74) is 0. The fraction of sp³-hybridized carbons (Fsp3) is 0.812. The van der Waals surface area contributed by atoms with Crippen molar-refractivity contribution in [2.45, 2.75) is 77.0 Å². The van der Waals surface area contributed by atoms with Crippen molar-refractivity contribution in [2.24, 2.45) is 0 Å². The van der Waals surface area contributed by atoms with Crippen LogP contribution in [-0.2, 0) is 22.5 Å². The topological polar surface area (TPSA) is 69.0 Å². The van der Waals surface area contributed by atoms with Gasteiger partial charge in [-0.3, -0.25) is 4.79 Å². The Morgan fingerprint density at radius 3 is 3.09 bits per heavy atom. The number of aromatic nitrogens is 3. The molecule has 0 aromatic carbocycles. The average molecular weight is 306 g/mol. The van der Waals surface area contributed by atoms with Crippen LogP contribution < -0.4 is 5.32 Å². The molecule has 2 aliphatic heterocycles. The number of hydrogen-bond donors (Lipinski definition) is 1. The first-order chi connectivity index (χ1) is 10.7. The van der Waals surface area contributed by atoms with Gasteiger partial charge in [0.05, 0.1) is 12.1 Å². The fourth-order valence-electron chi connectivity index (χ4n) is 3.37. The molecule has 2 aliphatic rings. The zero-order valence-corrected chi connectivity index (χ0v) is 13.4. The normalized spacial score (nSPS) is 22.9. The molecular formula is C16H26N4O2. The number of carbonyl (C=O) groups is 1. The summed E-state index contributed by atoms with van der Waals surface area (Å²) in [7, 11) is 0. The van der Waals surface area contributed by atoms with Crippen LogP contribution in [0.25, 0.3) is 0 Å². The molecule has 122 valence electrons. The predicted molar refractivity (Wildman–Crippen MR) is 82.3 cm³/mol. The lowest BCUT2D eigenvalue weighted by atomic mass is 10.1. The minimum atomic E-state index is -0.0867. The van der Waals surface area contributed by atoms with Crippen LogP contribution in [0.3, 0.4) is 0 Å². The Labute approximate surface area is 131 Å². The second-order valence-corrected chi connectivity index (χ2v) is 6.40. The molecule has 3 heterocycles. The molecule has 22 heavy (non-hydrogen) atoms. The molecule has 2 atom stereocenters. The maximum absolute atomic E-state index is 12.1. The molecule has 0 spiro atoms. The highest BCUT2D eigenvalue weighted by atomic mass is 16.5. The van der Waals surface area contributed by atoms with Crippen LogP contribution in [0, 0.1) is 0 Å². The summed E-state index contributed by atoms with van der Waals surface area (Å²) >= 11 is 0. The van der Waals surface area contributed by atoms with Crippen LogP contribution in [-0.4, -0.2) is 33.4 Å². The molecule has 1 aromatic rings. The molecule has 1 N–H and O–H groups in total. The molecule has 6 nitrogen and oxygen atoms in total. The van der Waals surface area contributed by atoms with Gasteiger partial charge in [-0.05, 0) is 39.0 Å². The number of amides is 1. The monoisotopic (exact) mass is 306 g/mol. The lowest BCUT2D eigenvalue weighted by Gasteiger charge is -2.16. The van der Waals surface area contributed by atoms with Gasteiger partial charge in [-0.15, -0.1) is 10.2 Å². The van der Waals surface area contributed by atoms with E-state index in [2.05, 4.69) is 20.1 Å². The van der Waals surface area contributed by atoms with Gasteiger partial charge in [0.25, 0.3) is 0 Å². The second-order valence-electron chi connectivity index (χ2n) is 6.40. The van der Waals surface area contributed by atoms with Gasteiger partial charge >= 0.3 is 0 Å². The number of ether oxygens (including phenoxy) is 1. The van der Waals surface area contributed by atoms with Crippen LogP contribution in [0.15, 0.2) is 0 Å². The minimum absolute atomic E-state index is 0.0778. The number of fused-ring (bicyclic) bond motifs is 1. The molecule has 1 fully saturated rings. The third-order valence-corrected chi connectivity index (χ3v) is 4.62. The van der Waals surface area contributed by atoms with Gasteiger partial charge in [0, 0.05) is 26.0 Å². The third kappa shape index (κ3) is 3.66. The Morgan fingerprint density at radius 1 is 1.36 bits per heavy atom. The molecule has 0 radical (unpaired) electrons. The van der Waals surface area contributed by atoms with E-state index in [-0.39, 0.29) is 18.1 Å². The summed E-state index contributed by atoms with van der Waals surface area (Å²) in [6.07, 6.45) is 8.39. The lowest BCUT2D eigenvalue weighted by molar-refractivity contribution is -0.122. The second kappa shape index (κ2) is 7.22. The Bertz CT molecular complexity index is 508. The lowest BCUT2D eigenvalue weighted by Crippen LogP contribution is -2.29. The standard InChI is InChI=1S/C16H26N4O2/c1-12(17-15(21)9-8-13-6-5-11-22-13)16-19-18-14-7-3-2-4-10-20(14)16/h12-13H,2-11H2,1H3,(H,17,21)/t12-,13-/m1/s1. The van der Waals surface area contributed by atoms with E-state index in [1.165, 1.54) is 12.8 Å². The molecule has 0 aliphatic carbocycles. The zero-order valence-electron chi connectivity index (χ0n) is 13.4. The van der Waals surface area contributed by atoms with Crippen LogP contribution in [0.5, 0.6) is 0 Å². The van der Waals surface area contributed by atoms with E-state index in [0.717, 1.165) is 56.9 Å². The van der Waals surface area contributed by atoms with Crippen molar-refractivity contribution in [3.05, 3.63) is 11.6 Å². The van der Waals surface area contributed by atoms with E-state index in [1.807, 2.05) is 6.92 Å². The Morgan fingerprint density at radius 2 is 2.27 bits per heavy atom. The Hall–Kier alpha value is -1.43. The van der Waals surface area contributed by atoms with Crippen molar-refractivity contribution in [1.29, 1.82) is 0 Å². The number of carbonyl (C=O) groups excluding carboxylic acids is 1. The SMILES string of the molecule is C[C@@H](NC(=O)CC[C@H]1CCCO1)c1nnc2n1CCCCC2. The molecule has 1 saturated heterocycles. The quantitative estimate of drug-likeness (QED) is 0.905. The van der Waals surface area contributed by atoms with Crippen molar-refractivity contribution in [2.75, 3.05) is 6.61 Å². The minimum Gasteiger partial charge on any atom is -0.378 e. The van der Waals surface area contributed by atoms with Gasteiger partial charge in [-0.2, -0.15) is 0 Å². The smallest absolute Gasteiger partial charge is 0.220 e. The number of rotatable bonds is 5. The van der Waals surface area contributed by atoms with Gasteiger partial charge in [0.1, 0.15) is 5.82 Å². The van der Waals surface area contributed by atoms with Gasteiger partial charge in [0.2, 0.25) is 5.91 Å². The first kappa shape index (κ1) is 15.5. The highest BCUT2D eigenvalue weighted by Crippen LogP contribution is 2.20. The van der Waals surface area contributed by atoms with Gasteiger partial charge in [-0.25, -0.2) is 0 Å². The zero-order chi connectivity index (χ0) is 15.4. The molecule has 0 saturated carbocycles. The highest BCUT2D eigenvalue weighted by Gasteiger charge is 2.21.